The third kappa shape index (κ3) is 9.85. The summed E-state index contributed by atoms with van der Waals surface area (Å²) in [6.07, 6.45) is 1.62. The highest BCUT2D eigenvalue weighted by Crippen LogP contribution is 2.06. The fourth-order valence-electron chi connectivity index (χ4n) is 1.06. The van der Waals surface area contributed by atoms with E-state index >= 15 is 0 Å². The van der Waals surface area contributed by atoms with Gasteiger partial charge in [-0.25, -0.2) is 0 Å². The monoisotopic (exact) mass is 244 g/mol. The summed E-state index contributed by atoms with van der Waals surface area (Å²) >= 11 is 0. The number of carbonyl (C=O) groups is 2. The first kappa shape index (κ1) is 15.9. The number of esters is 2. The van der Waals surface area contributed by atoms with Crippen molar-refractivity contribution in [2.24, 2.45) is 11.8 Å². The Labute approximate surface area is 104 Å². The zero-order chi connectivity index (χ0) is 13.3. The molecule has 0 aromatic rings. The van der Waals surface area contributed by atoms with Crippen LogP contribution in [0.25, 0.3) is 0 Å². The van der Waals surface area contributed by atoms with E-state index in [1.807, 2.05) is 13.8 Å². The van der Waals surface area contributed by atoms with Gasteiger partial charge < -0.3 is 9.47 Å². The van der Waals surface area contributed by atoms with Crippen molar-refractivity contribution in [1.82, 2.24) is 0 Å². The van der Waals surface area contributed by atoms with Crippen LogP contribution in [-0.2, 0) is 19.1 Å². The first-order chi connectivity index (χ1) is 7.95. The average molecular weight is 244 g/mol. The van der Waals surface area contributed by atoms with Gasteiger partial charge in [0, 0.05) is 0 Å². The van der Waals surface area contributed by atoms with Crippen molar-refractivity contribution in [3.8, 4) is 0 Å². The minimum atomic E-state index is -0.507. The van der Waals surface area contributed by atoms with Crippen LogP contribution in [0.4, 0.5) is 0 Å². The highest BCUT2D eigenvalue weighted by Gasteiger charge is 2.12. The Morgan fingerprint density at radius 1 is 1.06 bits per heavy atom. The van der Waals surface area contributed by atoms with Gasteiger partial charge >= 0.3 is 11.9 Å². The lowest BCUT2D eigenvalue weighted by Gasteiger charge is -2.09. The van der Waals surface area contributed by atoms with Crippen molar-refractivity contribution in [3.05, 3.63) is 0 Å². The molecule has 0 fully saturated rings. The Morgan fingerprint density at radius 3 is 2.18 bits per heavy atom. The van der Waals surface area contributed by atoms with Gasteiger partial charge in [-0.15, -0.1) is 0 Å². The van der Waals surface area contributed by atoms with E-state index in [0.29, 0.717) is 19.1 Å². The standard InChI is InChI=1S/C13H24O4/c1-5-11(4)6-7-16-12(14)8-13(15)17-9-10(2)3/h10-11H,5-9H2,1-4H3. The van der Waals surface area contributed by atoms with Gasteiger partial charge in [0.2, 0.25) is 0 Å². The van der Waals surface area contributed by atoms with Gasteiger partial charge in [-0.05, 0) is 18.3 Å². The van der Waals surface area contributed by atoms with Crippen LogP contribution in [0.15, 0.2) is 0 Å². The molecule has 0 N–H and O–H groups in total. The lowest BCUT2D eigenvalue weighted by molar-refractivity contribution is -0.155. The molecule has 0 aliphatic heterocycles. The first-order valence-corrected chi connectivity index (χ1v) is 6.26. The van der Waals surface area contributed by atoms with Crippen molar-refractivity contribution in [1.29, 1.82) is 0 Å². The van der Waals surface area contributed by atoms with Crippen LogP contribution < -0.4 is 0 Å². The van der Waals surface area contributed by atoms with Gasteiger partial charge in [0.15, 0.2) is 0 Å². The first-order valence-electron chi connectivity index (χ1n) is 6.26. The molecule has 1 unspecified atom stereocenters. The SMILES string of the molecule is CCC(C)CCOC(=O)CC(=O)OCC(C)C. The molecule has 0 aliphatic rings. The van der Waals surface area contributed by atoms with Crippen molar-refractivity contribution < 1.29 is 19.1 Å². The maximum atomic E-state index is 11.2. The zero-order valence-corrected chi connectivity index (χ0v) is 11.3. The third-order valence-corrected chi connectivity index (χ3v) is 2.44. The number of ether oxygens (including phenoxy) is 2. The molecule has 4 nitrogen and oxygen atoms in total. The second-order valence-electron chi connectivity index (χ2n) is 4.78. The number of carbonyl (C=O) groups excluding carboxylic acids is 2. The molecule has 0 spiro atoms. The van der Waals surface area contributed by atoms with E-state index in [1.165, 1.54) is 0 Å². The van der Waals surface area contributed by atoms with Gasteiger partial charge in [-0.1, -0.05) is 34.1 Å². The molecule has 0 saturated heterocycles. The summed E-state index contributed by atoms with van der Waals surface area (Å²) in [7, 11) is 0. The van der Waals surface area contributed by atoms with Crippen LogP contribution >= 0.6 is 0 Å². The second kappa shape index (κ2) is 9.02. The van der Waals surface area contributed by atoms with Gasteiger partial charge in [0.1, 0.15) is 6.42 Å². The Morgan fingerprint density at radius 2 is 1.65 bits per heavy atom. The maximum absolute atomic E-state index is 11.2. The van der Waals surface area contributed by atoms with Crippen molar-refractivity contribution >= 4 is 11.9 Å². The summed E-state index contributed by atoms with van der Waals surface area (Å²) in [6.45, 7) is 8.81. The summed E-state index contributed by atoms with van der Waals surface area (Å²) in [5.41, 5.74) is 0. The van der Waals surface area contributed by atoms with E-state index in [9.17, 15) is 9.59 Å². The van der Waals surface area contributed by atoms with Gasteiger partial charge in [0.25, 0.3) is 0 Å². The zero-order valence-electron chi connectivity index (χ0n) is 11.3. The molecule has 0 bridgehead atoms. The van der Waals surface area contributed by atoms with E-state index in [0.717, 1.165) is 12.8 Å². The Bertz CT molecular complexity index is 236. The van der Waals surface area contributed by atoms with Gasteiger partial charge in [-0.2, -0.15) is 0 Å². The number of rotatable bonds is 8. The van der Waals surface area contributed by atoms with Crippen LogP contribution in [0.3, 0.4) is 0 Å². The predicted molar refractivity (Wildman–Crippen MR) is 65.4 cm³/mol. The lowest BCUT2D eigenvalue weighted by atomic mass is 10.1. The second-order valence-corrected chi connectivity index (χ2v) is 4.78. The molecular formula is C13H24O4. The Kier molecular flexibility index (Phi) is 8.46. The highest BCUT2D eigenvalue weighted by atomic mass is 16.6. The molecule has 0 aromatic carbocycles. The Balaban J connectivity index is 3.61. The molecule has 0 amide bonds. The fraction of sp³-hybridized carbons (Fsp3) is 0.846. The number of hydrogen-bond acceptors (Lipinski definition) is 4. The largest absolute Gasteiger partial charge is 0.465 e. The van der Waals surface area contributed by atoms with Gasteiger partial charge in [0.05, 0.1) is 13.2 Å². The molecule has 0 rings (SSSR count). The summed E-state index contributed by atoms with van der Waals surface area (Å²) < 4.78 is 9.84. The van der Waals surface area contributed by atoms with Crippen LogP contribution in [0.1, 0.15) is 47.0 Å². The Hall–Kier alpha value is -1.06. The quantitative estimate of drug-likeness (QED) is 0.486. The normalized spacial score (nSPS) is 12.3. The summed E-state index contributed by atoms with van der Waals surface area (Å²) in [4.78, 5) is 22.4. The molecule has 17 heavy (non-hydrogen) atoms. The molecular weight excluding hydrogens is 220 g/mol. The van der Waals surface area contributed by atoms with Gasteiger partial charge in [-0.3, -0.25) is 9.59 Å². The minimum Gasteiger partial charge on any atom is -0.465 e. The molecule has 0 heterocycles. The molecule has 0 radical (unpaired) electrons. The summed E-state index contributed by atoms with van der Waals surface area (Å²) in [6, 6.07) is 0. The lowest BCUT2D eigenvalue weighted by Crippen LogP contribution is -2.17. The van der Waals surface area contributed by atoms with Crippen molar-refractivity contribution in [2.45, 2.75) is 47.0 Å². The third-order valence-electron chi connectivity index (χ3n) is 2.44. The molecule has 0 saturated carbocycles. The van der Waals surface area contributed by atoms with E-state index in [1.54, 1.807) is 0 Å². The topological polar surface area (TPSA) is 52.6 Å². The van der Waals surface area contributed by atoms with E-state index in [4.69, 9.17) is 9.47 Å². The van der Waals surface area contributed by atoms with Crippen LogP contribution in [0.5, 0.6) is 0 Å². The molecule has 0 aromatic heterocycles. The average Bonchev–Trinajstić information content (AvgIpc) is 2.26. The molecule has 1 atom stereocenters. The maximum Gasteiger partial charge on any atom is 0.317 e. The smallest absolute Gasteiger partial charge is 0.317 e. The summed E-state index contributed by atoms with van der Waals surface area (Å²) in [5, 5.41) is 0. The number of hydrogen-bond donors (Lipinski definition) is 0. The summed E-state index contributed by atoms with van der Waals surface area (Å²) in [5.74, 6) is -0.189. The predicted octanol–water partition coefficient (Wildman–Crippen LogP) is 2.56. The van der Waals surface area contributed by atoms with E-state index in [-0.39, 0.29) is 12.3 Å². The molecule has 100 valence electrons. The fourth-order valence-corrected chi connectivity index (χ4v) is 1.06. The van der Waals surface area contributed by atoms with Crippen LogP contribution in [-0.4, -0.2) is 25.2 Å². The van der Waals surface area contributed by atoms with Crippen LogP contribution in [0.2, 0.25) is 0 Å². The minimum absolute atomic E-state index is 0.278. The van der Waals surface area contributed by atoms with E-state index < -0.39 is 11.9 Å². The van der Waals surface area contributed by atoms with Crippen LogP contribution in [0, 0.1) is 11.8 Å². The van der Waals surface area contributed by atoms with E-state index in [2.05, 4.69) is 13.8 Å². The molecule has 0 aliphatic carbocycles. The van der Waals surface area contributed by atoms with Crippen molar-refractivity contribution in [2.75, 3.05) is 13.2 Å². The highest BCUT2D eigenvalue weighted by molar-refractivity contribution is 5.91. The van der Waals surface area contributed by atoms with Crippen molar-refractivity contribution in [3.63, 3.8) is 0 Å². The molecule has 4 heteroatoms.